The first-order valence-electron chi connectivity index (χ1n) is 10.8. The van der Waals surface area contributed by atoms with Crippen molar-refractivity contribution in [2.75, 3.05) is 13.3 Å². The van der Waals surface area contributed by atoms with Crippen molar-refractivity contribution in [3.8, 4) is 0 Å². The van der Waals surface area contributed by atoms with Gasteiger partial charge in [-0.1, -0.05) is 43.7 Å². The molecule has 0 aromatic heterocycles. The van der Waals surface area contributed by atoms with Crippen LogP contribution in [0.5, 0.6) is 0 Å². The first-order valence-corrected chi connectivity index (χ1v) is 10.8. The highest BCUT2D eigenvalue weighted by molar-refractivity contribution is 5.70. The van der Waals surface area contributed by atoms with E-state index in [1.807, 2.05) is 0 Å². The monoisotopic (exact) mass is 390 g/mol. The summed E-state index contributed by atoms with van der Waals surface area (Å²) in [6, 6.07) is 0. The highest BCUT2D eigenvalue weighted by atomic mass is 19.1. The number of aliphatic hydroxyl groups is 1. The lowest BCUT2D eigenvalue weighted by Crippen LogP contribution is -2.37. The topological polar surface area (TPSA) is 46.5 Å². The molecule has 3 aliphatic rings. The molecule has 0 aromatic rings. The molecule has 5 atom stereocenters. The highest BCUT2D eigenvalue weighted by Gasteiger charge is 2.50. The van der Waals surface area contributed by atoms with E-state index in [9.17, 15) is 14.3 Å². The molecule has 0 radical (unpaired) electrons. The van der Waals surface area contributed by atoms with Gasteiger partial charge in [-0.25, -0.2) is 9.18 Å². The third-order valence-electron chi connectivity index (χ3n) is 7.53. The van der Waals surface area contributed by atoms with E-state index in [-0.39, 0.29) is 17.4 Å². The number of carbonyl (C=O) groups is 1. The van der Waals surface area contributed by atoms with Gasteiger partial charge < -0.3 is 9.84 Å². The minimum absolute atomic E-state index is 0.215. The second-order valence-corrected chi connectivity index (χ2v) is 9.32. The second kappa shape index (κ2) is 8.94. The van der Waals surface area contributed by atoms with E-state index in [2.05, 4.69) is 32.6 Å². The zero-order valence-corrected chi connectivity index (χ0v) is 17.4. The summed E-state index contributed by atoms with van der Waals surface area (Å²) in [5.74, 6) is 0.547. The molecule has 0 aromatic carbocycles. The van der Waals surface area contributed by atoms with Gasteiger partial charge in [0.2, 0.25) is 0 Å². The molecule has 0 unspecified atom stereocenters. The van der Waals surface area contributed by atoms with Crippen LogP contribution in [0.1, 0.15) is 65.2 Å². The molecular formula is C24H35FO3. The molecule has 4 heteroatoms. The van der Waals surface area contributed by atoms with Gasteiger partial charge in [-0.15, -0.1) is 0 Å². The summed E-state index contributed by atoms with van der Waals surface area (Å²) >= 11 is 0. The number of hydrogen-bond donors (Lipinski definition) is 1. The SMILES string of the molecule is C=C1CC[C@H](O)C/C1=C/C=C1\CCC[C@]2(C)[C@@H]([C@H](C)COC(=O)CF)CC[C@@H]12. The molecule has 3 fully saturated rings. The highest BCUT2D eigenvalue weighted by Crippen LogP contribution is 2.59. The van der Waals surface area contributed by atoms with E-state index in [0.29, 0.717) is 24.9 Å². The smallest absolute Gasteiger partial charge is 0.337 e. The van der Waals surface area contributed by atoms with E-state index >= 15 is 0 Å². The van der Waals surface area contributed by atoms with Crippen molar-refractivity contribution < 1.29 is 19.0 Å². The predicted molar refractivity (Wildman–Crippen MR) is 109 cm³/mol. The van der Waals surface area contributed by atoms with Crippen LogP contribution in [0.15, 0.2) is 35.5 Å². The Kier molecular flexibility index (Phi) is 6.80. The fraction of sp³-hybridized carbons (Fsp3) is 0.708. The Balaban J connectivity index is 1.72. The van der Waals surface area contributed by atoms with Crippen molar-refractivity contribution in [2.24, 2.45) is 23.2 Å². The third kappa shape index (κ3) is 4.42. The lowest BCUT2D eigenvalue weighted by molar-refractivity contribution is -0.147. The minimum Gasteiger partial charge on any atom is -0.463 e. The van der Waals surface area contributed by atoms with Crippen LogP contribution in [0, 0.1) is 23.2 Å². The number of allylic oxidation sites excluding steroid dienone is 4. The summed E-state index contributed by atoms with van der Waals surface area (Å²) in [5, 5.41) is 9.97. The van der Waals surface area contributed by atoms with E-state index in [0.717, 1.165) is 31.3 Å². The summed E-state index contributed by atoms with van der Waals surface area (Å²) < 4.78 is 17.5. The summed E-state index contributed by atoms with van der Waals surface area (Å²) in [6.07, 6.45) is 12.5. The first kappa shape index (κ1) is 21.3. The summed E-state index contributed by atoms with van der Waals surface area (Å²) in [4.78, 5) is 11.2. The lowest BCUT2D eigenvalue weighted by atomic mass is 9.61. The number of aliphatic hydroxyl groups excluding tert-OH is 1. The average Bonchev–Trinajstić information content (AvgIpc) is 3.04. The minimum atomic E-state index is -1.04. The van der Waals surface area contributed by atoms with E-state index in [1.165, 1.54) is 30.4 Å². The van der Waals surface area contributed by atoms with Crippen molar-refractivity contribution >= 4 is 5.97 Å². The van der Waals surface area contributed by atoms with Crippen molar-refractivity contribution in [3.05, 3.63) is 35.5 Å². The molecule has 0 heterocycles. The molecule has 0 spiro atoms. The van der Waals surface area contributed by atoms with Crippen molar-refractivity contribution in [1.82, 2.24) is 0 Å². The summed E-state index contributed by atoms with van der Waals surface area (Å²) in [7, 11) is 0. The third-order valence-corrected chi connectivity index (χ3v) is 7.53. The maximum Gasteiger partial charge on any atom is 0.337 e. The van der Waals surface area contributed by atoms with Gasteiger partial charge in [-0.05, 0) is 80.1 Å². The van der Waals surface area contributed by atoms with Gasteiger partial charge >= 0.3 is 5.97 Å². The van der Waals surface area contributed by atoms with Crippen molar-refractivity contribution in [1.29, 1.82) is 0 Å². The number of esters is 1. The van der Waals surface area contributed by atoms with Crippen LogP contribution in [-0.2, 0) is 9.53 Å². The number of fused-ring (bicyclic) bond motifs is 1. The second-order valence-electron chi connectivity index (χ2n) is 9.32. The number of alkyl halides is 1. The van der Waals surface area contributed by atoms with Gasteiger partial charge in [0.1, 0.15) is 0 Å². The molecule has 0 aliphatic heterocycles. The van der Waals surface area contributed by atoms with E-state index < -0.39 is 12.6 Å². The van der Waals surface area contributed by atoms with Crippen LogP contribution in [0.4, 0.5) is 4.39 Å². The largest absolute Gasteiger partial charge is 0.463 e. The van der Waals surface area contributed by atoms with Gasteiger partial charge in [0, 0.05) is 0 Å². The molecule has 28 heavy (non-hydrogen) atoms. The Morgan fingerprint density at radius 3 is 2.89 bits per heavy atom. The zero-order chi connectivity index (χ0) is 20.3. The number of ether oxygens (including phenoxy) is 1. The maximum absolute atomic E-state index is 12.4. The van der Waals surface area contributed by atoms with Gasteiger partial charge in [0.05, 0.1) is 12.7 Å². The van der Waals surface area contributed by atoms with Crippen LogP contribution < -0.4 is 0 Å². The molecular weight excluding hydrogens is 355 g/mol. The molecule has 3 saturated carbocycles. The first-order chi connectivity index (χ1) is 13.3. The van der Waals surface area contributed by atoms with Gasteiger partial charge in [0.25, 0.3) is 0 Å². The molecule has 0 bridgehead atoms. The van der Waals surface area contributed by atoms with Crippen molar-refractivity contribution in [2.45, 2.75) is 71.3 Å². The molecule has 3 aliphatic carbocycles. The number of carbonyl (C=O) groups excluding carboxylic acids is 1. The Morgan fingerprint density at radius 2 is 2.14 bits per heavy atom. The van der Waals surface area contributed by atoms with Gasteiger partial charge in [-0.3, -0.25) is 0 Å². The van der Waals surface area contributed by atoms with Crippen molar-refractivity contribution in [3.63, 3.8) is 0 Å². The van der Waals surface area contributed by atoms with Crippen LogP contribution in [0.25, 0.3) is 0 Å². The predicted octanol–water partition coefficient (Wildman–Crippen LogP) is 5.31. The Morgan fingerprint density at radius 1 is 1.36 bits per heavy atom. The van der Waals surface area contributed by atoms with Gasteiger partial charge in [0.15, 0.2) is 6.67 Å². The van der Waals surface area contributed by atoms with Crippen LogP contribution in [-0.4, -0.2) is 30.5 Å². The summed E-state index contributed by atoms with van der Waals surface area (Å²) in [6.45, 7) is 7.98. The summed E-state index contributed by atoms with van der Waals surface area (Å²) in [5.41, 5.74) is 4.09. The quantitative estimate of drug-likeness (QED) is 0.648. The zero-order valence-electron chi connectivity index (χ0n) is 17.4. The van der Waals surface area contributed by atoms with E-state index in [1.54, 1.807) is 0 Å². The van der Waals surface area contributed by atoms with Gasteiger partial charge in [-0.2, -0.15) is 0 Å². The fourth-order valence-electron chi connectivity index (χ4n) is 5.99. The molecule has 3 rings (SSSR count). The number of halogens is 1. The number of rotatable bonds is 5. The maximum atomic E-state index is 12.4. The molecule has 0 amide bonds. The standard InChI is InChI=1S/C24H35FO3/c1-16-6-9-20(26)13-19(16)8-7-18-5-4-12-24(3)21(10-11-22(18)24)17(2)15-28-23(27)14-25/h7-8,17,20-22,26H,1,4-6,9-15H2,2-3H3/b18-7+,19-8-/t17-,20+,21-,22+,24-/m1/s1. The fourth-order valence-corrected chi connectivity index (χ4v) is 5.99. The molecule has 3 nitrogen and oxygen atoms in total. The van der Waals surface area contributed by atoms with Crippen LogP contribution in [0.3, 0.4) is 0 Å². The number of hydrogen-bond acceptors (Lipinski definition) is 3. The lowest BCUT2D eigenvalue weighted by Gasteiger charge is -2.44. The van der Waals surface area contributed by atoms with Crippen LogP contribution >= 0.6 is 0 Å². The molecule has 156 valence electrons. The Bertz CT molecular complexity index is 665. The molecule has 0 saturated heterocycles. The van der Waals surface area contributed by atoms with E-state index in [4.69, 9.17) is 4.74 Å². The van der Waals surface area contributed by atoms with Crippen LogP contribution in [0.2, 0.25) is 0 Å². The normalized spacial score (nSPS) is 37.1. The Labute approximate surface area is 168 Å². The average molecular weight is 391 g/mol. The molecule has 1 N–H and O–H groups in total. The Hall–Kier alpha value is -1.42.